The summed E-state index contributed by atoms with van der Waals surface area (Å²) in [4.78, 5) is 21.9. The van der Waals surface area contributed by atoms with E-state index in [1.54, 1.807) is 27.7 Å². The van der Waals surface area contributed by atoms with E-state index in [2.05, 4.69) is 0 Å². The molecule has 2 N–H and O–H groups in total. The fourth-order valence-corrected chi connectivity index (χ4v) is 0.922. The van der Waals surface area contributed by atoms with Gasteiger partial charge in [0.1, 0.15) is 5.60 Å². The summed E-state index contributed by atoms with van der Waals surface area (Å²) in [5.74, 6) is -4.28. The molecular weight excluding hydrogens is 228 g/mol. The molecule has 0 aliphatic rings. The third-order valence-corrected chi connectivity index (χ3v) is 1.45. The molecule has 0 aromatic heterocycles. The maximum absolute atomic E-state index is 11.0. The Kier molecular flexibility index (Phi) is 5.50. The average Bonchev–Trinajstić information content (AvgIpc) is 2.14. The largest absolute Gasteiger partial charge is 0.484 e. The second-order valence-electron chi connectivity index (χ2n) is 4.33. The SMILES string of the molecule is CCCO/C(C(=O)O)=C(\OC(C)(C)C)C(=O)O. The third kappa shape index (κ3) is 5.79. The Bertz CT molecular complexity index is 323. The summed E-state index contributed by atoms with van der Waals surface area (Å²) in [5.41, 5.74) is -0.815. The predicted octanol–water partition coefficient (Wildman–Crippen LogP) is 1.61. The van der Waals surface area contributed by atoms with Gasteiger partial charge < -0.3 is 19.7 Å². The minimum atomic E-state index is -1.46. The van der Waals surface area contributed by atoms with Crippen LogP contribution in [0.5, 0.6) is 0 Å². The van der Waals surface area contributed by atoms with Crippen LogP contribution in [-0.2, 0) is 19.1 Å². The van der Waals surface area contributed by atoms with Crippen LogP contribution in [0.3, 0.4) is 0 Å². The van der Waals surface area contributed by atoms with Crippen molar-refractivity contribution in [2.24, 2.45) is 0 Å². The van der Waals surface area contributed by atoms with Crippen LogP contribution >= 0.6 is 0 Å². The minimum absolute atomic E-state index is 0.117. The van der Waals surface area contributed by atoms with E-state index >= 15 is 0 Å². The fourth-order valence-electron chi connectivity index (χ4n) is 0.922. The zero-order valence-electron chi connectivity index (χ0n) is 10.4. The lowest BCUT2D eigenvalue weighted by atomic mass is 10.2. The van der Waals surface area contributed by atoms with Gasteiger partial charge in [-0.1, -0.05) is 6.92 Å². The van der Waals surface area contributed by atoms with E-state index in [-0.39, 0.29) is 6.61 Å². The molecule has 98 valence electrons. The Morgan fingerprint density at radius 2 is 1.53 bits per heavy atom. The zero-order chi connectivity index (χ0) is 13.6. The second kappa shape index (κ2) is 6.12. The van der Waals surface area contributed by atoms with E-state index < -0.39 is 29.1 Å². The van der Waals surface area contributed by atoms with Crippen LogP contribution in [0, 0.1) is 0 Å². The molecule has 6 heteroatoms. The number of carbonyl (C=O) groups is 2. The molecule has 0 aliphatic carbocycles. The monoisotopic (exact) mass is 246 g/mol. The molecule has 6 nitrogen and oxygen atoms in total. The third-order valence-electron chi connectivity index (χ3n) is 1.45. The number of aliphatic carboxylic acids is 2. The molecule has 0 saturated carbocycles. The molecule has 0 rings (SSSR count). The molecule has 0 radical (unpaired) electrons. The number of hydrogen-bond acceptors (Lipinski definition) is 4. The van der Waals surface area contributed by atoms with Crippen LogP contribution in [0.2, 0.25) is 0 Å². The number of rotatable bonds is 6. The lowest BCUT2D eigenvalue weighted by Crippen LogP contribution is -2.25. The molecule has 0 fully saturated rings. The van der Waals surface area contributed by atoms with E-state index in [0.717, 1.165) is 0 Å². The number of carboxylic acids is 2. The van der Waals surface area contributed by atoms with Crippen LogP contribution < -0.4 is 0 Å². The van der Waals surface area contributed by atoms with E-state index in [0.29, 0.717) is 6.42 Å². The smallest absolute Gasteiger partial charge is 0.375 e. The van der Waals surface area contributed by atoms with Gasteiger partial charge in [0.25, 0.3) is 11.5 Å². The summed E-state index contributed by atoms with van der Waals surface area (Å²) in [7, 11) is 0. The highest BCUT2D eigenvalue weighted by Gasteiger charge is 2.28. The van der Waals surface area contributed by atoms with E-state index in [4.69, 9.17) is 19.7 Å². The van der Waals surface area contributed by atoms with Gasteiger partial charge in [-0.05, 0) is 27.2 Å². The van der Waals surface area contributed by atoms with Gasteiger partial charge in [-0.15, -0.1) is 0 Å². The summed E-state index contributed by atoms with van der Waals surface area (Å²) in [6.07, 6.45) is 0.569. The molecule has 17 heavy (non-hydrogen) atoms. The second-order valence-corrected chi connectivity index (χ2v) is 4.33. The summed E-state index contributed by atoms with van der Waals surface area (Å²) >= 11 is 0. The Morgan fingerprint density at radius 3 is 1.82 bits per heavy atom. The van der Waals surface area contributed by atoms with E-state index in [1.807, 2.05) is 0 Å². The number of hydrogen-bond donors (Lipinski definition) is 2. The standard InChI is InChI=1S/C11H18O6/c1-5-6-16-7(9(12)13)8(10(14)15)17-11(2,3)4/h5-6H2,1-4H3,(H,12,13)(H,14,15)/b8-7-. The van der Waals surface area contributed by atoms with Crippen molar-refractivity contribution in [3.05, 3.63) is 11.5 Å². The Balaban J connectivity index is 5.28. The normalized spacial score (nSPS) is 12.7. The Labute approximate surface area is 99.8 Å². The van der Waals surface area contributed by atoms with Crippen molar-refractivity contribution < 1.29 is 29.3 Å². The van der Waals surface area contributed by atoms with Crippen LogP contribution in [0.25, 0.3) is 0 Å². The number of carboxylic acid groups (broad SMARTS) is 2. The van der Waals surface area contributed by atoms with Gasteiger partial charge in [-0.25, -0.2) is 9.59 Å². The van der Waals surface area contributed by atoms with Crippen LogP contribution in [0.4, 0.5) is 0 Å². The van der Waals surface area contributed by atoms with Gasteiger partial charge in [0, 0.05) is 0 Å². The first-order valence-electron chi connectivity index (χ1n) is 5.21. The van der Waals surface area contributed by atoms with Crippen molar-refractivity contribution in [3.8, 4) is 0 Å². The zero-order valence-corrected chi connectivity index (χ0v) is 10.4. The number of ether oxygens (including phenoxy) is 2. The van der Waals surface area contributed by atoms with Gasteiger partial charge in [0.2, 0.25) is 0 Å². The summed E-state index contributed by atoms with van der Waals surface area (Å²) in [5, 5.41) is 17.8. The van der Waals surface area contributed by atoms with Crippen molar-refractivity contribution in [2.45, 2.75) is 39.7 Å². The highest BCUT2D eigenvalue weighted by Crippen LogP contribution is 2.18. The fraction of sp³-hybridized carbons (Fsp3) is 0.636. The summed E-state index contributed by atoms with van der Waals surface area (Å²) < 4.78 is 9.99. The molecular formula is C11H18O6. The lowest BCUT2D eigenvalue weighted by molar-refractivity contribution is -0.144. The molecule has 0 bridgehead atoms. The first-order valence-corrected chi connectivity index (χ1v) is 5.21. The highest BCUT2D eigenvalue weighted by atomic mass is 16.6. The molecule has 0 spiro atoms. The molecule has 0 aromatic rings. The minimum Gasteiger partial charge on any atom is -0.484 e. The molecule has 0 aliphatic heterocycles. The van der Waals surface area contributed by atoms with Crippen molar-refractivity contribution in [1.29, 1.82) is 0 Å². The molecule has 0 unspecified atom stereocenters. The topological polar surface area (TPSA) is 93.1 Å². The van der Waals surface area contributed by atoms with Crippen molar-refractivity contribution >= 4 is 11.9 Å². The van der Waals surface area contributed by atoms with Crippen molar-refractivity contribution in [1.82, 2.24) is 0 Å². The van der Waals surface area contributed by atoms with Crippen LogP contribution in [0.15, 0.2) is 11.5 Å². The van der Waals surface area contributed by atoms with Crippen LogP contribution in [0.1, 0.15) is 34.1 Å². The summed E-state index contributed by atoms with van der Waals surface area (Å²) in [6.45, 7) is 6.76. The maximum atomic E-state index is 11.0. The van der Waals surface area contributed by atoms with Crippen molar-refractivity contribution in [3.63, 3.8) is 0 Å². The average molecular weight is 246 g/mol. The van der Waals surface area contributed by atoms with Gasteiger partial charge in [-0.3, -0.25) is 0 Å². The van der Waals surface area contributed by atoms with E-state index in [9.17, 15) is 9.59 Å². The quantitative estimate of drug-likeness (QED) is 0.546. The maximum Gasteiger partial charge on any atom is 0.375 e. The lowest BCUT2D eigenvalue weighted by Gasteiger charge is -2.22. The van der Waals surface area contributed by atoms with Gasteiger partial charge in [0.15, 0.2) is 0 Å². The predicted molar refractivity (Wildman–Crippen MR) is 59.4 cm³/mol. The first kappa shape index (κ1) is 15.3. The van der Waals surface area contributed by atoms with Gasteiger partial charge in [-0.2, -0.15) is 0 Å². The van der Waals surface area contributed by atoms with Crippen LogP contribution in [-0.4, -0.2) is 34.4 Å². The molecule has 0 amide bonds. The first-order chi connectivity index (χ1) is 7.69. The van der Waals surface area contributed by atoms with Gasteiger partial charge in [0.05, 0.1) is 6.61 Å². The Morgan fingerprint density at radius 1 is 1.06 bits per heavy atom. The van der Waals surface area contributed by atoms with E-state index in [1.165, 1.54) is 0 Å². The molecule has 0 aromatic carbocycles. The Hall–Kier alpha value is -1.72. The molecule has 0 atom stereocenters. The van der Waals surface area contributed by atoms with Gasteiger partial charge >= 0.3 is 11.9 Å². The van der Waals surface area contributed by atoms with Crippen molar-refractivity contribution in [2.75, 3.05) is 6.61 Å². The summed E-state index contributed by atoms with van der Waals surface area (Å²) in [6, 6.07) is 0. The highest BCUT2D eigenvalue weighted by molar-refractivity contribution is 5.95. The molecule has 0 heterocycles. The molecule has 0 saturated heterocycles.